The molecule has 2 aromatic heterocycles. The van der Waals surface area contributed by atoms with E-state index in [2.05, 4.69) is 22.3 Å². The predicted molar refractivity (Wildman–Crippen MR) is 86.1 cm³/mol. The minimum absolute atomic E-state index is 0.330. The number of nitrogens with zero attached hydrogens (tertiary/aromatic N) is 2. The first-order valence-corrected chi connectivity index (χ1v) is 7.59. The predicted octanol–water partition coefficient (Wildman–Crippen LogP) is 3.99. The number of ether oxygens (including phenoxy) is 1. The van der Waals surface area contributed by atoms with Gasteiger partial charge in [0, 0.05) is 9.90 Å². The lowest BCUT2D eigenvalue weighted by Gasteiger charge is -2.07. The summed E-state index contributed by atoms with van der Waals surface area (Å²) < 4.78 is 5.85. The lowest BCUT2D eigenvalue weighted by Crippen LogP contribution is -2.10. The molecule has 0 atom stereocenters. The maximum absolute atomic E-state index is 5.87. The summed E-state index contributed by atoms with van der Waals surface area (Å²) in [6, 6.07) is 9.16. The van der Waals surface area contributed by atoms with Crippen LogP contribution in [0.15, 0.2) is 30.3 Å². The zero-order valence-corrected chi connectivity index (χ0v) is 12.8. The fourth-order valence-electron chi connectivity index (χ4n) is 1.88. The Morgan fingerprint density at radius 2 is 2.05 bits per heavy atom. The Morgan fingerprint density at radius 3 is 2.71 bits per heavy atom. The molecule has 0 radical (unpaired) electrons. The third-order valence-corrected chi connectivity index (χ3v) is 4.34. The molecule has 0 aliphatic heterocycles. The van der Waals surface area contributed by atoms with E-state index >= 15 is 0 Å². The van der Waals surface area contributed by atoms with E-state index in [0.29, 0.717) is 22.6 Å². The smallest absolute Gasteiger partial charge is 0.241 e. The SMILES string of the molecule is CCc1cc2c(Oc3ccc(Cl)cc3)nc(NN)nc2s1. The number of anilines is 1. The molecule has 3 aromatic rings. The van der Waals surface area contributed by atoms with E-state index in [1.54, 1.807) is 35.6 Å². The van der Waals surface area contributed by atoms with E-state index in [1.165, 1.54) is 4.88 Å². The standard InChI is InChI=1S/C14H13ClN4OS/c1-2-10-7-11-12(17-14(19-16)18-13(11)21-10)20-9-5-3-8(15)4-6-9/h3-7H,2,16H2,1H3,(H,17,18,19). The van der Waals surface area contributed by atoms with E-state index in [1.807, 2.05) is 6.07 Å². The monoisotopic (exact) mass is 320 g/mol. The number of nitrogens with two attached hydrogens (primary N) is 1. The number of aromatic nitrogens is 2. The molecule has 108 valence electrons. The highest BCUT2D eigenvalue weighted by Gasteiger charge is 2.13. The summed E-state index contributed by atoms with van der Waals surface area (Å²) >= 11 is 7.48. The van der Waals surface area contributed by atoms with Crippen LogP contribution in [0.2, 0.25) is 5.02 Å². The number of hydrazine groups is 1. The van der Waals surface area contributed by atoms with E-state index in [9.17, 15) is 0 Å². The second kappa shape index (κ2) is 5.85. The number of nitrogens with one attached hydrogen (secondary N) is 1. The Hall–Kier alpha value is -1.89. The van der Waals surface area contributed by atoms with Gasteiger partial charge in [-0.15, -0.1) is 11.3 Å². The molecule has 0 aliphatic rings. The molecule has 2 heterocycles. The number of rotatable bonds is 4. The first-order chi connectivity index (χ1) is 10.2. The Morgan fingerprint density at radius 1 is 1.29 bits per heavy atom. The second-order valence-electron chi connectivity index (χ2n) is 4.34. The van der Waals surface area contributed by atoms with Crippen LogP contribution >= 0.6 is 22.9 Å². The minimum Gasteiger partial charge on any atom is -0.438 e. The largest absolute Gasteiger partial charge is 0.438 e. The first kappa shape index (κ1) is 14.1. The van der Waals surface area contributed by atoms with Gasteiger partial charge in [0.05, 0.1) is 5.39 Å². The van der Waals surface area contributed by atoms with Gasteiger partial charge in [0.2, 0.25) is 11.8 Å². The molecule has 0 bridgehead atoms. The van der Waals surface area contributed by atoms with Crippen molar-refractivity contribution < 1.29 is 4.74 Å². The Bertz CT molecular complexity index is 772. The lowest BCUT2D eigenvalue weighted by atomic mass is 10.3. The quantitative estimate of drug-likeness (QED) is 0.562. The van der Waals surface area contributed by atoms with Crippen molar-refractivity contribution in [3.05, 3.63) is 40.2 Å². The van der Waals surface area contributed by atoms with Crippen molar-refractivity contribution in [2.24, 2.45) is 5.84 Å². The molecule has 0 spiro atoms. The van der Waals surface area contributed by atoms with Crippen molar-refractivity contribution >= 4 is 39.1 Å². The molecule has 0 amide bonds. The van der Waals surface area contributed by atoms with Crippen LogP contribution in [0.25, 0.3) is 10.2 Å². The van der Waals surface area contributed by atoms with Crippen LogP contribution in [0, 0.1) is 0 Å². The summed E-state index contributed by atoms with van der Waals surface area (Å²) in [4.78, 5) is 10.7. The number of thiophene rings is 1. The van der Waals surface area contributed by atoms with Crippen LogP contribution in [0.1, 0.15) is 11.8 Å². The van der Waals surface area contributed by atoms with Crippen LogP contribution in [-0.4, -0.2) is 9.97 Å². The zero-order valence-electron chi connectivity index (χ0n) is 11.3. The maximum atomic E-state index is 5.87. The van der Waals surface area contributed by atoms with Gasteiger partial charge in [-0.3, -0.25) is 5.43 Å². The van der Waals surface area contributed by atoms with Crippen LogP contribution in [0.3, 0.4) is 0 Å². The van der Waals surface area contributed by atoms with Gasteiger partial charge in [-0.05, 0) is 36.8 Å². The fraction of sp³-hybridized carbons (Fsp3) is 0.143. The molecule has 3 N–H and O–H groups in total. The van der Waals surface area contributed by atoms with Crippen molar-refractivity contribution in [2.45, 2.75) is 13.3 Å². The molecule has 3 rings (SSSR count). The molecular weight excluding hydrogens is 308 g/mol. The van der Waals surface area contributed by atoms with Gasteiger partial charge in [-0.1, -0.05) is 18.5 Å². The highest BCUT2D eigenvalue weighted by molar-refractivity contribution is 7.18. The molecule has 5 nitrogen and oxygen atoms in total. The van der Waals surface area contributed by atoms with Gasteiger partial charge >= 0.3 is 0 Å². The molecular formula is C14H13ClN4OS. The summed E-state index contributed by atoms with van der Waals surface area (Å²) in [5.41, 5.74) is 2.47. The fourth-order valence-corrected chi connectivity index (χ4v) is 2.96. The number of hydrogen-bond donors (Lipinski definition) is 2. The van der Waals surface area contributed by atoms with E-state index in [0.717, 1.165) is 16.6 Å². The van der Waals surface area contributed by atoms with Gasteiger partial charge in [0.15, 0.2) is 0 Å². The van der Waals surface area contributed by atoms with Crippen molar-refractivity contribution in [3.8, 4) is 11.6 Å². The summed E-state index contributed by atoms with van der Waals surface area (Å²) in [6.45, 7) is 2.10. The lowest BCUT2D eigenvalue weighted by molar-refractivity contribution is 0.469. The van der Waals surface area contributed by atoms with Crippen molar-refractivity contribution in [3.63, 3.8) is 0 Å². The summed E-state index contributed by atoms with van der Waals surface area (Å²) in [6.07, 6.45) is 0.937. The number of benzene rings is 1. The summed E-state index contributed by atoms with van der Waals surface area (Å²) in [5.74, 6) is 6.89. The number of hydrogen-bond acceptors (Lipinski definition) is 6. The van der Waals surface area contributed by atoms with Gasteiger partial charge in [0.25, 0.3) is 0 Å². The molecule has 1 aromatic carbocycles. The number of fused-ring (bicyclic) bond motifs is 1. The average molecular weight is 321 g/mol. The van der Waals surface area contributed by atoms with E-state index in [-0.39, 0.29) is 0 Å². The van der Waals surface area contributed by atoms with Crippen molar-refractivity contribution in [1.82, 2.24) is 9.97 Å². The third kappa shape index (κ3) is 2.92. The first-order valence-electron chi connectivity index (χ1n) is 6.40. The normalized spacial score (nSPS) is 10.8. The van der Waals surface area contributed by atoms with Gasteiger partial charge in [-0.2, -0.15) is 4.98 Å². The summed E-state index contributed by atoms with van der Waals surface area (Å²) in [7, 11) is 0. The Labute approximate surface area is 130 Å². The minimum atomic E-state index is 0.330. The zero-order chi connectivity index (χ0) is 14.8. The van der Waals surface area contributed by atoms with Crippen LogP contribution < -0.4 is 16.0 Å². The molecule has 0 saturated carbocycles. The Kier molecular flexibility index (Phi) is 3.92. The third-order valence-electron chi connectivity index (χ3n) is 2.91. The van der Waals surface area contributed by atoms with Crippen LogP contribution in [-0.2, 0) is 6.42 Å². The molecule has 21 heavy (non-hydrogen) atoms. The van der Waals surface area contributed by atoms with Gasteiger partial charge in [-0.25, -0.2) is 10.8 Å². The Balaban J connectivity index is 2.06. The number of halogens is 1. The van der Waals surface area contributed by atoms with Crippen molar-refractivity contribution in [1.29, 1.82) is 0 Å². The molecule has 0 fully saturated rings. The van der Waals surface area contributed by atoms with Crippen LogP contribution in [0.4, 0.5) is 5.95 Å². The topological polar surface area (TPSA) is 73.1 Å². The van der Waals surface area contributed by atoms with E-state index < -0.39 is 0 Å². The van der Waals surface area contributed by atoms with Gasteiger partial charge in [0.1, 0.15) is 10.6 Å². The molecule has 0 saturated heterocycles. The van der Waals surface area contributed by atoms with Gasteiger partial charge < -0.3 is 4.74 Å². The molecule has 0 aliphatic carbocycles. The maximum Gasteiger partial charge on any atom is 0.241 e. The average Bonchev–Trinajstić information content (AvgIpc) is 2.92. The second-order valence-corrected chi connectivity index (χ2v) is 5.89. The molecule has 0 unspecified atom stereocenters. The summed E-state index contributed by atoms with van der Waals surface area (Å²) in [5, 5.41) is 1.54. The number of aryl methyl sites for hydroxylation is 1. The van der Waals surface area contributed by atoms with Crippen LogP contribution in [0.5, 0.6) is 11.6 Å². The van der Waals surface area contributed by atoms with Crippen molar-refractivity contribution in [2.75, 3.05) is 5.43 Å². The molecule has 7 heteroatoms. The van der Waals surface area contributed by atoms with E-state index in [4.69, 9.17) is 22.2 Å². The highest BCUT2D eigenvalue weighted by Crippen LogP contribution is 2.34. The number of nitrogen functional groups attached to an aromatic ring is 1. The highest BCUT2D eigenvalue weighted by atomic mass is 35.5.